The SMILES string of the molecule is C=C1C=C/C=C2\C/C(=C\C=C/1)C(=O)N(CCCNC(=O)CCCCCCC(=O)NCCCN1C(=O)c3cccc4cccc(c34)C1=O)C2=O. The number of hydrogen-bond donors (Lipinski definition) is 2. The predicted molar refractivity (Wildman–Crippen MR) is 187 cm³/mol. The molecule has 2 aromatic carbocycles. The maximum Gasteiger partial charge on any atom is 0.261 e. The Bertz CT molecular complexity index is 1700. The van der Waals surface area contributed by atoms with Crippen LogP contribution in [0.3, 0.4) is 0 Å². The molecule has 0 atom stereocenters. The Morgan fingerprint density at radius 3 is 1.59 bits per heavy atom. The van der Waals surface area contributed by atoms with Crippen LogP contribution in [0.1, 0.15) is 78.5 Å². The second-order valence-electron chi connectivity index (χ2n) is 12.4. The third kappa shape index (κ3) is 8.76. The van der Waals surface area contributed by atoms with E-state index in [-0.39, 0.29) is 55.0 Å². The first kappa shape index (κ1) is 34.9. The van der Waals surface area contributed by atoms with E-state index in [2.05, 4.69) is 17.2 Å². The summed E-state index contributed by atoms with van der Waals surface area (Å²) in [5.41, 5.74) is 2.90. The van der Waals surface area contributed by atoms with E-state index in [1.807, 2.05) is 24.3 Å². The van der Waals surface area contributed by atoms with Crippen LogP contribution in [0.4, 0.5) is 0 Å². The van der Waals surface area contributed by atoms with E-state index < -0.39 is 0 Å². The van der Waals surface area contributed by atoms with Crippen LogP contribution in [0.2, 0.25) is 0 Å². The monoisotopic (exact) mass is 662 g/mol. The van der Waals surface area contributed by atoms with Gasteiger partial charge >= 0.3 is 0 Å². The molecule has 10 nitrogen and oxygen atoms in total. The Kier molecular flexibility index (Phi) is 11.9. The van der Waals surface area contributed by atoms with Gasteiger partial charge in [-0.25, -0.2) is 0 Å². The van der Waals surface area contributed by atoms with Gasteiger partial charge in [-0.15, -0.1) is 0 Å². The molecule has 0 unspecified atom stereocenters. The molecule has 0 radical (unpaired) electrons. The first-order chi connectivity index (χ1) is 23.7. The summed E-state index contributed by atoms with van der Waals surface area (Å²) in [6, 6.07) is 10.9. The summed E-state index contributed by atoms with van der Waals surface area (Å²) in [5.74, 6) is -1.40. The highest BCUT2D eigenvalue weighted by atomic mass is 16.2. The van der Waals surface area contributed by atoms with Gasteiger partial charge in [-0.2, -0.15) is 0 Å². The lowest BCUT2D eigenvalue weighted by Gasteiger charge is -2.28. The van der Waals surface area contributed by atoms with Gasteiger partial charge in [-0.05, 0) is 48.8 Å². The van der Waals surface area contributed by atoms with Crippen molar-refractivity contribution in [3.63, 3.8) is 0 Å². The van der Waals surface area contributed by atoms with Gasteiger partial charge in [0.25, 0.3) is 23.6 Å². The molecular formula is C39H42N4O6. The van der Waals surface area contributed by atoms with Gasteiger partial charge < -0.3 is 10.6 Å². The molecule has 2 bridgehead atoms. The second-order valence-corrected chi connectivity index (χ2v) is 12.4. The molecule has 10 heteroatoms. The van der Waals surface area contributed by atoms with Crippen molar-refractivity contribution in [2.75, 3.05) is 26.2 Å². The van der Waals surface area contributed by atoms with Gasteiger partial charge in [-0.3, -0.25) is 38.6 Å². The molecule has 5 rings (SSSR count). The van der Waals surface area contributed by atoms with Crippen LogP contribution in [0, 0.1) is 0 Å². The van der Waals surface area contributed by atoms with Gasteiger partial charge in [0.05, 0.1) is 0 Å². The molecule has 2 N–H and O–H groups in total. The van der Waals surface area contributed by atoms with Crippen molar-refractivity contribution in [1.29, 1.82) is 0 Å². The number of benzene rings is 2. The van der Waals surface area contributed by atoms with Crippen LogP contribution in [-0.2, 0) is 19.2 Å². The van der Waals surface area contributed by atoms with Crippen molar-refractivity contribution in [2.45, 2.75) is 57.8 Å². The zero-order valence-corrected chi connectivity index (χ0v) is 27.7. The van der Waals surface area contributed by atoms with E-state index in [0.717, 1.165) is 23.8 Å². The fraction of sp³-hybridized carbons (Fsp3) is 0.333. The van der Waals surface area contributed by atoms with Gasteiger partial charge in [0.15, 0.2) is 0 Å². The lowest BCUT2D eigenvalue weighted by Crippen LogP contribution is -2.44. The van der Waals surface area contributed by atoms with E-state index in [1.165, 1.54) is 9.80 Å². The van der Waals surface area contributed by atoms with Crippen LogP contribution >= 0.6 is 0 Å². The molecule has 1 fully saturated rings. The molecule has 2 aromatic rings. The van der Waals surface area contributed by atoms with Gasteiger partial charge in [0.2, 0.25) is 11.8 Å². The third-order valence-electron chi connectivity index (χ3n) is 8.81. The molecule has 3 aliphatic rings. The number of piperidine rings is 1. The van der Waals surface area contributed by atoms with E-state index in [9.17, 15) is 28.8 Å². The molecule has 0 aromatic heterocycles. The maximum absolute atomic E-state index is 13.0. The second kappa shape index (κ2) is 16.6. The van der Waals surface area contributed by atoms with Gasteiger partial charge in [0.1, 0.15) is 0 Å². The Morgan fingerprint density at radius 2 is 1.10 bits per heavy atom. The van der Waals surface area contributed by atoms with Crippen LogP contribution in [0.5, 0.6) is 0 Å². The number of fused-ring (bicyclic) bond motifs is 2. The minimum Gasteiger partial charge on any atom is -0.356 e. The minimum atomic E-state index is -0.308. The average molecular weight is 663 g/mol. The molecule has 1 aliphatic carbocycles. The van der Waals surface area contributed by atoms with Crippen molar-refractivity contribution in [3.05, 3.63) is 107 Å². The molecule has 2 heterocycles. The van der Waals surface area contributed by atoms with Gasteiger partial charge in [-0.1, -0.05) is 80.1 Å². The number of allylic oxidation sites excluding steroid dienone is 7. The molecule has 254 valence electrons. The quantitative estimate of drug-likeness (QED) is 0.202. The predicted octanol–water partition coefficient (Wildman–Crippen LogP) is 5.08. The molecule has 0 spiro atoms. The molecule has 2 aliphatic heterocycles. The molecule has 1 saturated heterocycles. The Morgan fingerprint density at radius 1 is 0.633 bits per heavy atom. The molecule has 6 amide bonds. The maximum atomic E-state index is 13.0. The number of hydrogen-bond acceptors (Lipinski definition) is 6. The standard InChI is InChI=1S/C39H42N4O6/c1-27-12-6-16-29-26-30(17-7-13-27)37(47)42(36(29)46)24-10-22-40-33(44)20-4-2-3-5-21-34(45)41-23-11-25-43-38(48)31-18-8-14-28-15-9-19-32(35(28)31)39(43)49/h6-9,12-19H,1-5,10-11,20-26H2,(H,40,44)(H,41,45)/b12-6-,13-7?,29-16+,30-17+. The Labute approximate surface area is 286 Å². The van der Waals surface area contributed by atoms with Gasteiger partial charge in [0, 0.05) is 73.1 Å². The highest BCUT2D eigenvalue weighted by Gasteiger charge is 2.33. The first-order valence-electron chi connectivity index (χ1n) is 17.0. The van der Waals surface area contributed by atoms with E-state index in [0.29, 0.717) is 79.3 Å². The zero-order chi connectivity index (χ0) is 34.8. The largest absolute Gasteiger partial charge is 0.356 e. The summed E-state index contributed by atoms with van der Waals surface area (Å²) in [5, 5.41) is 7.30. The summed E-state index contributed by atoms with van der Waals surface area (Å²) in [7, 11) is 0. The topological polar surface area (TPSA) is 133 Å². The summed E-state index contributed by atoms with van der Waals surface area (Å²) in [4.78, 5) is 78.9. The average Bonchev–Trinajstić information content (AvgIpc) is 3.09. The van der Waals surface area contributed by atoms with Crippen molar-refractivity contribution >= 4 is 46.2 Å². The molecule has 49 heavy (non-hydrogen) atoms. The van der Waals surface area contributed by atoms with Crippen LogP contribution in [0.15, 0.2) is 96.2 Å². The van der Waals surface area contributed by atoms with E-state index in [1.54, 1.807) is 48.6 Å². The zero-order valence-electron chi connectivity index (χ0n) is 27.7. The normalized spacial score (nSPS) is 18.6. The van der Waals surface area contributed by atoms with E-state index in [4.69, 9.17) is 0 Å². The van der Waals surface area contributed by atoms with E-state index >= 15 is 0 Å². The molecule has 0 saturated carbocycles. The number of carbonyl (C=O) groups is 6. The lowest BCUT2D eigenvalue weighted by molar-refractivity contribution is -0.141. The van der Waals surface area contributed by atoms with Crippen molar-refractivity contribution in [1.82, 2.24) is 20.4 Å². The van der Waals surface area contributed by atoms with Crippen LogP contribution in [-0.4, -0.2) is 71.4 Å². The number of rotatable bonds is 15. The van der Waals surface area contributed by atoms with Crippen molar-refractivity contribution in [3.8, 4) is 0 Å². The number of unbranched alkanes of at least 4 members (excludes halogenated alkanes) is 3. The number of carbonyl (C=O) groups excluding carboxylic acids is 6. The van der Waals surface area contributed by atoms with Crippen LogP contribution in [0.25, 0.3) is 10.8 Å². The fourth-order valence-electron chi connectivity index (χ4n) is 6.21. The highest BCUT2D eigenvalue weighted by Crippen LogP contribution is 2.30. The smallest absolute Gasteiger partial charge is 0.261 e. The summed E-state index contributed by atoms with van der Waals surface area (Å²) < 4.78 is 0. The Hall–Kier alpha value is -5.38. The minimum absolute atomic E-state index is 0.0814. The number of likely N-dealkylation sites (tertiary alicyclic amines) is 1. The van der Waals surface area contributed by atoms with Crippen molar-refractivity contribution < 1.29 is 28.8 Å². The first-order valence-corrected chi connectivity index (χ1v) is 17.0. The number of nitrogens with zero attached hydrogens (tertiary/aromatic N) is 2. The summed E-state index contributed by atoms with van der Waals surface area (Å²) in [6.07, 6.45) is 15.5. The highest BCUT2D eigenvalue weighted by molar-refractivity contribution is 6.25. The summed E-state index contributed by atoms with van der Waals surface area (Å²) in [6.45, 7) is 5.06. The number of nitrogens with one attached hydrogen (secondary N) is 2. The molecular weight excluding hydrogens is 620 g/mol. The third-order valence-corrected chi connectivity index (χ3v) is 8.81. The summed E-state index contributed by atoms with van der Waals surface area (Å²) >= 11 is 0. The Balaban J connectivity index is 0.910. The fourth-order valence-corrected chi connectivity index (χ4v) is 6.21. The van der Waals surface area contributed by atoms with Crippen LogP contribution < -0.4 is 10.6 Å². The van der Waals surface area contributed by atoms with Crippen molar-refractivity contribution in [2.24, 2.45) is 0 Å². The number of imide groups is 2. The lowest BCUT2D eigenvalue weighted by atomic mass is 9.94. The number of amides is 6.